The Hall–Kier alpha value is -2.69. The molecule has 0 aromatic heterocycles. The van der Waals surface area contributed by atoms with Gasteiger partial charge in [0.2, 0.25) is 0 Å². The second-order valence-electron chi connectivity index (χ2n) is 7.03. The van der Waals surface area contributed by atoms with Crippen LogP contribution in [0, 0.1) is 0 Å². The van der Waals surface area contributed by atoms with E-state index in [1.165, 1.54) is 5.56 Å². The number of amides is 1. The Labute approximate surface area is 155 Å². The van der Waals surface area contributed by atoms with Gasteiger partial charge in [0.15, 0.2) is 0 Å². The van der Waals surface area contributed by atoms with Crippen molar-refractivity contribution < 1.29 is 14.3 Å². The number of methoxy groups -OCH3 is 1. The van der Waals surface area contributed by atoms with E-state index < -0.39 is 11.7 Å². The van der Waals surface area contributed by atoms with Gasteiger partial charge in [-0.25, -0.2) is 4.79 Å². The van der Waals surface area contributed by atoms with Crippen LogP contribution >= 0.6 is 0 Å². The highest BCUT2D eigenvalue weighted by atomic mass is 16.6. The van der Waals surface area contributed by atoms with Gasteiger partial charge in [-0.3, -0.25) is 5.32 Å². The zero-order valence-electron chi connectivity index (χ0n) is 16.2. The van der Waals surface area contributed by atoms with E-state index in [9.17, 15) is 4.79 Å². The van der Waals surface area contributed by atoms with E-state index in [2.05, 4.69) is 41.8 Å². The Bertz CT molecular complexity index is 734. The third kappa shape index (κ3) is 5.69. The number of anilines is 2. The molecule has 2 rings (SSSR count). The number of benzene rings is 2. The Balaban J connectivity index is 2.15. The van der Waals surface area contributed by atoms with Gasteiger partial charge in [0, 0.05) is 6.54 Å². The maximum absolute atomic E-state index is 12.1. The number of para-hydroxylation sites is 1. The van der Waals surface area contributed by atoms with Gasteiger partial charge in [-0.1, -0.05) is 37.3 Å². The molecule has 2 aromatic rings. The number of carbonyl (C=O) groups is 1. The summed E-state index contributed by atoms with van der Waals surface area (Å²) in [6.07, 6.45) is 0.519. The summed E-state index contributed by atoms with van der Waals surface area (Å²) in [7, 11) is 1.60. The van der Waals surface area contributed by atoms with Crippen LogP contribution in [0.4, 0.5) is 16.2 Å². The minimum Gasteiger partial charge on any atom is -0.495 e. The Morgan fingerprint density at radius 3 is 2.27 bits per heavy atom. The van der Waals surface area contributed by atoms with Crippen molar-refractivity contribution in [2.75, 3.05) is 17.7 Å². The molecule has 0 radical (unpaired) electrons. The molecule has 26 heavy (non-hydrogen) atoms. The van der Waals surface area contributed by atoms with E-state index in [0.29, 0.717) is 18.0 Å². The van der Waals surface area contributed by atoms with Gasteiger partial charge in [-0.05, 0) is 50.5 Å². The minimum atomic E-state index is -0.558. The third-order valence-electron chi connectivity index (χ3n) is 3.78. The molecule has 0 aliphatic carbocycles. The van der Waals surface area contributed by atoms with Crippen molar-refractivity contribution in [1.82, 2.24) is 0 Å². The fourth-order valence-corrected chi connectivity index (χ4v) is 2.48. The maximum Gasteiger partial charge on any atom is 0.412 e. The molecule has 0 spiro atoms. The molecule has 0 aliphatic rings. The number of carbonyl (C=O) groups excluding carboxylic acids is 1. The van der Waals surface area contributed by atoms with Gasteiger partial charge in [0.05, 0.1) is 12.8 Å². The highest BCUT2D eigenvalue weighted by Gasteiger charge is 2.18. The average Bonchev–Trinajstić information content (AvgIpc) is 2.59. The summed E-state index contributed by atoms with van der Waals surface area (Å²) < 4.78 is 10.8. The van der Waals surface area contributed by atoms with Gasteiger partial charge < -0.3 is 14.8 Å². The second-order valence-corrected chi connectivity index (χ2v) is 7.03. The van der Waals surface area contributed by atoms with Crippen molar-refractivity contribution in [2.24, 2.45) is 0 Å². The number of rotatable bonds is 6. The quantitative estimate of drug-likeness (QED) is 0.745. The number of hydrogen-bond acceptors (Lipinski definition) is 4. The molecule has 140 valence electrons. The first-order valence-corrected chi connectivity index (χ1v) is 8.81. The molecule has 0 fully saturated rings. The molecule has 0 saturated carbocycles. The fourth-order valence-electron chi connectivity index (χ4n) is 2.48. The highest BCUT2D eigenvalue weighted by Crippen LogP contribution is 2.33. The molecule has 0 atom stereocenters. The van der Waals surface area contributed by atoms with Crippen molar-refractivity contribution in [3.8, 4) is 5.75 Å². The topological polar surface area (TPSA) is 59.6 Å². The second kappa shape index (κ2) is 8.61. The number of ether oxygens (including phenoxy) is 2. The molecule has 1 amide bonds. The predicted octanol–water partition coefficient (Wildman–Crippen LogP) is 5.22. The van der Waals surface area contributed by atoms with Crippen molar-refractivity contribution in [1.29, 1.82) is 0 Å². The zero-order chi connectivity index (χ0) is 19.2. The zero-order valence-corrected chi connectivity index (χ0v) is 16.2. The van der Waals surface area contributed by atoms with Gasteiger partial charge >= 0.3 is 6.09 Å². The SMILES string of the molecule is CCc1ccc(CNc2c(NC(=O)OC(C)(C)C)cccc2OC)cc1. The molecular weight excluding hydrogens is 328 g/mol. The lowest BCUT2D eigenvalue weighted by Gasteiger charge is -2.21. The van der Waals surface area contributed by atoms with E-state index in [0.717, 1.165) is 17.7 Å². The average molecular weight is 356 g/mol. The van der Waals surface area contributed by atoms with Crippen molar-refractivity contribution in [3.05, 3.63) is 53.6 Å². The Kier molecular flexibility index (Phi) is 6.50. The molecule has 5 heteroatoms. The molecule has 0 bridgehead atoms. The normalized spacial score (nSPS) is 11.0. The van der Waals surface area contributed by atoms with Crippen LogP contribution in [0.25, 0.3) is 0 Å². The summed E-state index contributed by atoms with van der Waals surface area (Å²) in [6, 6.07) is 13.9. The van der Waals surface area contributed by atoms with Gasteiger partial charge in [0.25, 0.3) is 0 Å². The number of aryl methyl sites for hydroxylation is 1. The minimum absolute atomic E-state index is 0.499. The van der Waals surface area contributed by atoms with Crippen LogP contribution in [0.2, 0.25) is 0 Å². The Morgan fingerprint density at radius 2 is 1.69 bits per heavy atom. The molecule has 0 aliphatic heterocycles. The van der Waals surface area contributed by atoms with Gasteiger partial charge in [0.1, 0.15) is 17.0 Å². The van der Waals surface area contributed by atoms with Crippen LogP contribution in [0.3, 0.4) is 0 Å². The smallest absolute Gasteiger partial charge is 0.412 e. The first-order valence-electron chi connectivity index (χ1n) is 8.81. The monoisotopic (exact) mass is 356 g/mol. The maximum atomic E-state index is 12.1. The van der Waals surface area contributed by atoms with Crippen LogP contribution in [0.15, 0.2) is 42.5 Å². The molecule has 0 heterocycles. The Morgan fingerprint density at radius 1 is 1.04 bits per heavy atom. The van der Waals surface area contributed by atoms with E-state index in [-0.39, 0.29) is 0 Å². The largest absolute Gasteiger partial charge is 0.495 e. The van der Waals surface area contributed by atoms with Crippen LogP contribution in [0.5, 0.6) is 5.75 Å². The predicted molar refractivity (Wildman–Crippen MR) is 106 cm³/mol. The van der Waals surface area contributed by atoms with Crippen LogP contribution in [0.1, 0.15) is 38.8 Å². The summed E-state index contributed by atoms with van der Waals surface area (Å²) in [6.45, 7) is 8.25. The molecule has 2 N–H and O–H groups in total. The standard InChI is InChI=1S/C21H28N2O3/c1-6-15-10-12-16(13-11-15)14-22-19-17(8-7-9-18(19)25-5)23-20(24)26-21(2,3)4/h7-13,22H,6,14H2,1-5H3,(H,23,24). The third-order valence-corrected chi connectivity index (χ3v) is 3.78. The summed E-state index contributed by atoms with van der Waals surface area (Å²) in [5.74, 6) is 0.656. The van der Waals surface area contributed by atoms with Gasteiger partial charge in [-0.15, -0.1) is 0 Å². The molecule has 0 unspecified atom stereocenters. The van der Waals surface area contributed by atoms with Crippen LogP contribution in [-0.2, 0) is 17.7 Å². The molecule has 2 aromatic carbocycles. The molecule has 0 saturated heterocycles. The van der Waals surface area contributed by atoms with Crippen molar-refractivity contribution >= 4 is 17.5 Å². The van der Waals surface area contributed by atoms with Crippen LogP contribution in [-0.4, -0.2) is 18.8 Å². The summed E-state index contributed by atoms with van der Waals surface area (Å²) >= 11 is 0. The lowest BCUT2D eigenvalue weighted by Crippen LogP contribution is -2.27. The lowest BCUT2D eigenvalue weighted by atomic mass is 10.1. The van der Waals surface area contributed by atoms with Gasteiger partial charge in [-0.2, -0.15) is 0 Å². The summed E-state index contributed by atoms with van der Waals surface area (Å²) in [5, 5.41) is 6.15. The van der Waals surface area contributed by atoms with E-state index in [4.69, 9.17) is 9.47 Å². The van der Waals surface area contributed by atoms with Crippen molar-refractivity contribution in [3.63, 3.8) is 0 Å². The van der Waals surface area contributed by atoms with E-state index in [1.807, 2.05) is 39.0 Å². The van der Waals surface area contributed by atoms with E-state index in [1.54, 1.807) is 7.11 Å². The molecular formula is C21H28N2O3. The van der Waals surface area contributed by atoms with Crippen molar-refractivity contribution in [2.45, 2.75) is 46.3 Å². The molecule has 5 nitrogen and oxygen atoms in total. The lowest BCUT2D eigenvalue weighted by molar-refractivity contribution is 0.0636. The first kappa shape index (κ1) is 19.6. The highest BCUT2D eigenvalue weighted by molar-refractivity contribution is 5.91. The van der Waals surface area contributed by atoms with Crippen LogP contribution < -0.4 is 15.4 Å². The number of nitrogens with one attached hydrogen (secondary N) is 2. The fraction of sp³-hybridized carbons (Fsp3) is 0.381. The summed E-state index contributed by atoms with van der Waals surface area (Å²) in [4.78, 5) is 12.1. The van der Waals surface area contributed by atoms with E-state index >= 15 is 0 Å². The number of hydrogen-bond donors (Lipinski definition) is 2. The first-order chi connectivity index (χ1) is 12.3. The summed E-state index contributed by atoms with van der Waals surface area (Å²) in [5.41, 5.74) is 3.23.